The molecule has 1 aliphatic rings. The van der Waals surface area contributed by atoms with E-state index >= 15 is 0 Å². The molecule has 2 aromatic rings. The van der Waals surface area contributed by atoms with Crippen molar-refractivity contribution >= 4 is 11.6 Å². The molecule has 4 nitrogen and oxygen atoms in total. The van der Waals surface area contributed by atoms with Gasteiger partial charge in [0.2, 0.25) is 5.91 Å². The molecule has 0 aliphatic heterocycles. The van der Waals surface area contributed by atoms with Crippen molar-refractivity contribution in [1.82, 2.24) is 0 Å². The fraction of sp³-hybridized carbons (Fsp3) is 0.316. The predicted octanol–water partition coefficient (Wildman–Crippen LogP) is 3.46. The van der Waals surface area contributed by atoms with Crippen molar-refractivity contribution in [1.29, 1.82) is 0 Å². The minimum Gasteiger partial charge on any atom is -0.494 e. The Morgan fingerprint density at radius 1 is 1.29 bits per heavy atom. The molecular weight excluding hydrogens is 309 g/mol. The molecule has 0 saturated heterocycles. The number of nitrogens with one attached hydrogen (secondary N) is 1. The molecule has 3 rings (SSSR count). The fourth-order valence-corrected chi connectivity index (χ4v) is 2.88. The van der Waals surface area contributed by atoms with Crippen molar-refractivity contribution in [3.05, 3.63) is 59.4 Å². The Bertz CT molecular complexity index is 730. The van der Waals surface area contributed by atoms with Crippen LogP contribution in [0.15, 0.2) is 42.5 Å². The number of hydrogen-bond acceptors (Lipinski definition) is 3. The largest absolute Gasteiger partial charge is 0.494 e. The van der Waals surface area contributed by atoms with Crippen LogP contribution < -0.4 is 10.1 Å². The van der Waals surface area contributed by atoms with Crippen LogP contribution in [0.25, 0.3) is 0 Å². The van der Waals surface area contributed by atoms with Crippen LogP contribution in [0.4, 0.5) is 10.1 Å². The predicted molar refractivity (Wildman–Crippen MR) is 89.4 cm³/mol. The Hall–Kier alpha value is -2.40. The number of ether oxygens (including phenoxy) is 1. The highest BCUT2D eigenvalue weighted by atomic mass is 19.1. The highest BCUT2D eigenvalue weighted by Crippen LogP contribution is 2.48. The van der Waals surface area contributed by atoms with E-state index in [1.165, 1.54) is 12.1 Å². The second kappa shape index (κ2) is 7.01. The number of aliphatic hydroxyl groups is 1. The Balaban J connectivity index is 1.64. The van der Waals surface area contributed by atoms with Crippen molar-refractivity contribution in [2.24, 2.45) is 5.92 Å². The lowest BCUT2D eigenvalue weighted by molar-refractivity contribution is -0.117. The van der Waals surface area contributed by atoms with Gasteiger partial charge in [-0.3, -0.25) is 4.79 Å². The molecule has 2 N–H and O–H groups in total. The van der Waals surface area contributed by atoms with Gasteiger partial charge in [0.05, 0.1) is 13.2 Å². The summed E-state index contributed by atoms with van der Waals surface area (Å²) in [7, 11) is 0. The van der Waals surface area contributed by atoms with Gasteiger partial charge in [-0.15, -0.1) is 0 Å². The molecule has 1 aliphatic carbocycles. The van der Waals surface area contributed by atoms with Gasteiger partial charge in [-0.05, 0) is 55.2 Å². The molecule has 0 radical (unpaired) electrons. The smallest absolute Gasteiger partial charge is 0.228 e. The van der Waals surface area contributed by atoms with E-state index in [9.17, 15) is 14.3 Å². The Kier molecular flexibility index (Phi) is 4.81. The first-order valence-electron chi connectivity index (χ1n) is 8.05. The number of carbonyl (C=O) groups is 1. The first kappa shape index (κ1) is 16.5. The fourth-order valence-electron chi connectivity index (χ4n) is 2.88. The van der Waals surface area contributed by atoms with E-state index in [4.69, 9.17) is 4.74 Å². The highest BCUT2D eigenvalue weighted by Gasteiger charge is 2.43. The van der Waals surface area contributed by atoms with Crippen molar-refractivity contribution in [2.75, 3.05) is 11.9 Å². The third-order valence-corrected chi connectivity index (χ3v) is 4.22. The Morgan fingerprint density at radius 3 is 2.71 bits per heavy atom. The molecule has 0 aromatic heterocycles. The van der Waals surface area contributed by atoms with Crippen molar-refractivity contribution in [3.63, 3.8) is 0 Å². The number of benzene rings is 2. The summed E-state index contributed by atoms with van der Waals surface area (Å²) < 4.78 is 18.4. The lowest BCUT2D eigenvalue weighted by atomic mass is 10.1. The molecule has 1 amide bonds. The summed E-state index contributed by atoms with van der Waals surface area (Å²) in [5.41, 5.74) is 2.26. The van der Waals surface area contributed by atoms with Crippen LogP contribution >= 0.6 is 0 Å². The molecule has 0 spiro atoms. The lowest BCUT2D eigenvalue weighted by Gasteiger charge is -2.11. The van der Waals surface area contributed by atoms with Crippen LogP contribution in [0.3, 0.4) is 0 Å². The molecular formula is C19H20FNO3. The molecule has 24 heavy (non-hydrogen) atoms. The van der Waals surface area contributed by atoms with Gasteiger partial charge < -0.3 is 15.2 Å². The topological polar surface area (TPSA) is 58.6 Å². The summed E-state index contributed by atoms with van der Waals surface area (Å²) in [6, 6.07) is 11.5. The van der Waals surface area contributed by atoms with Gasteiger partial charge >= 0.3 is 0 Å². The molecule has 2 atom stereocenters. The average Bonchev–Trinajstić information content (AvgIpc) is 3.38. The van der Waals surface area contributed by atoms with Crippen molar-refractivity contribution in [3.8, 4) is 5.75 Å². The maximum Gasteiger partial charge on any atom is 0.228 e. The van der Waals surface area contributed by atoms with Crippen molar-refractivity contribution < 1.29 is 19.0 Å². The summed E-state index contributed by atoms with van der Waals surface area (Å²) in [5.74, 6) is 0.336. The van der Waals surface area contributed by atoms with Gasteiger partial charge in [0.15, 0.2) is 0 Å². The molecule has 0 heterocycles. The van der Waals surface area contributed by atoms with Gasteiger partial charge in [-0.25, -0.2) is 4.39 Å². The van der Waals surface area contributed by atoms with Crippen LogP contribution in [0.1, 0.15) is 30.4 Å². The zero-order valence-electron chi connectivity index (χ0n) is 13.5. The van der Waals surface area contributed by atoms with Crippen LogP contribution in [-0.2, 0) is 11.4 Å². The monoisotopic (exact) mass is 329 g/mol. The summed E-state index contributed by atoms with van der Waals surface area (Å²) >= 11 is 0. The first-order valence-corrected chi connectivity index (χ1v) is 8.05. The van der Waals surface area contributed by atoms with E-state index < -0.39 is 0 Å². The Labute approximate surface area is 140 Å². The first-order chi connectivity index (χ1) is 11.6. The third-order valence-electron chi connectivity index (χ3n) is 4.22. The minimum atomic E-state index is -0.272. The van der Waals surface area contributed by atoms with Gasteiger partial charge in [-0.2, -0.15) is 0 Å². The van der Waals surface area contributed by atoms with E-state index in [2.05, 4.69) is 5.32 Å². The second-order valence-electron chi connectivity index (χ2n) is 5.90. The van der Waals surface area contributed by atoms with Gasteiger partial charge in [0.1, 0.15) is 11.6 Å². The standard InChI is InChI=1S/C19H20FNO3/c1-2-24-18-8-7-15(9-13(18)11-22)21-19(23)17-10-16(17)12-3-5-14(20)6-4-12/h3-9,16-17,22H,2,10-11H2,1H3,(H,21,23). The summed E-state index contributed by atoms with van der Waals surface area (Å²) in [5, 5.41) is 12.3. The van der Waals surface area contributed by atoms with Gasteiger partial charge in [0, 0.05) is 17.2 Å². The molecule has 2 unspecified atom stereocenters. The summed E-state index contributed by atoms with van der Waals surface area (Å²) in [6.45, 7) is 2.24. The molecule has 126 valence electrons. The van der Waals surface area contributed by atoms with E-state index in [-0.39, 0.29) is 30.2 Å². The number of hydrogen-bond donors (Lipinski definition) is 2. The number of amides is 1. The number of halogens is 1. The Morgan fingerprint density at radius 2 is 2.04 bits per heavy atom. The SMILES string of the molecule is CCOc1ccc(NC(=O)C2CC2c2ccc(F)cc2)cc1CO. The third kappa shape index (κ3) is 3.57. The number of aliphatic hydroxyl groups excluding tert-OH is 1. The number of carbonyl (C=O) groups excluding carboxylic acids is 1. The normalized spacial score (nSPS) is 19.0. The molecule has 0 bridgehead atoms. The quantitative estimate of drug-likeness (QED) is 0.853. The lowest BCUT2D eigenvalue weighted by Crippen LogP contribution is -2.15. The van der Waals surface area contributed by atoms with Gasteiger partial charge in [0.25, 0.3) is 0 Å². The van der Waals surface area contributed by atoms with Crippen LogP contribution in [0, 0.1) is 11.7 Å². The molecule has 2 aromatic carbocycles. The zero-order chi connectivity index (χ0) is 17.1. The summed E-state index contributed by atoms with van der Waals surface area (Å²) in [6.07, 6.45) is 0.765. The molecule has 1 fully saturated rings. The van der Waals surface area contributed by atoms with E-state index in [0.29, 0.717) is 23.6 Å². The molecule has 5 heteroatoms. The van der Waals surface area contributed by atoms with E-state index in [1.54, 1.807) is 30.3 Å². The van der Waals surface area contributed by atoms with Crippen LogP contribution in [0.2, 0.25) is 0 Å². The minimum absolute atomic E-state index is 0.0580. The maximum absolute atomic E-state index is 13.0. The second-order valence-corrected chi connectivity index (χ2v) is 5.90. The van der Waals surface area contributed by atoms with Crippen LogP contribution in [0.5, 0.6) is 5.75 Å². The number of anilines is 1. The van der Waals surface area contributed by atoms with E-state index in [0.717, 1.165) is 12.0 Å². The zero-order valence-corrected chi connectivity index (χ0v) is 13.5. The maximum atomic E-state index is 13.0. The van der Waals surface area contributed by atoms with E-state index in [1.807, 2.05) is 6.92 Å². The van der Waals surface area contributed by atoms with Gasteiger partial charge in [-0.1, -0.05) is 12.1 Å². The number of rotatable bonds is 6. The average molecular weight is 329 g/mol. The molecule has 1 saturated carbocycles. The van der Waals surface area contributed by atoms with Crippen LogP contribution in [-0.4, -0.2) is 17.6 Å². The highest BCUT2D eigenvalue weighted by molar-refractivity contribution is 5.95. The summed E-state index contributed by atoms with van der Waals surface area (Å²) in [4.78, 5) is 12.4. The van der Waals surface area contributed by atoms with Crippen molar-refractivity contribution in [2.45, 2.75) is 25.9 Å².